The van der Waals surface area contributed by atoms with E-state index in [0.717, 1.165) is 4.47 Å². The number of hydrogen-bond acceptors (Lipinski definition) is 3. The maximum atomic E-state index is 11.9. The van der Waals surface area contributed by atoms with Crippen LogP contribution in [0.3, 0.4) is 0 Å². The molecule has 0 fully saturated rings. The van der Waals surface area contributed by atoms with Crippen LogP contribution in [0, 0.1) is 6.92 Å². The fraction of sp³-hybridized carbons (Fsp3) is 0.0909. The van der Waals surface area contributed by atoms with Crippen LogP contribution in [0.15, 0.2) is 22.7 Å². The number of carbonyl (C=O) groups is 1. The van der Waals surface area contributed by atoms with E-state index in [9.17, 15) is 4.79 Å². The fourth-order valence-corrected chi connectivity index (χ4v) is 2.10. The van der Waals surface area contributed by atoms with Gasteiger partial charge in [-0.2, -0.15) is 5.10 Å². The first-order valence-electron chi connectivity index (χ1n) is 5.06. The number of aromatic amines is 1. The number of hydrogen-bond donors (Lipinski definition) is 3. The van der Waals surface area contributed by atoms with Crippen LogP contribution in [-0.4, -0.2) is 16.1 Å². The van der Waals surface area contributed by atoms with Crippen LogP contribution in [0.4, 0.5) is 11.4 Å². The average Bonchev–Trinajstić information content (AvgIpc) is 2.64. The van der Waals surface area contributed by atoms with E-state index in [-0.39, 0.29) is 5.69 Å². The Morgan fingerprint density at radius 3 is 2.83 bits per heavy atom. The van der Waals surface area contributed by atoms with Crippen molar-refractivity contribution in [2.24, 2.45) is 0 Å². The zero-order valence-electron chi connectivity index (χ0n) is 9.42. The number of halogens is 2. The second kappa shape index (κ2) is 4.99. The molecular weight excluding hydrogens is 320 g/mol. The molecule has 94 valence electrons. The van der Waals surface area contributed by atoms with Gasteiger partial charge in [0.15, 0.2) is 5.69 Å². The number of carbonyl (C=O) groups excluding carboxylic acids is 1. The number of nitrogen functional groups attached to an aromatic ring is 1. The lowest BCUT2D eigenvalue weighted by molar-refractivity contribution is 0.102. The van der Waals surface area contributed by atoms with Crippen LogP contribution in [0.2, 0.25) is 5.02 Å². The standard InChI is InChI=1S/C11H10BrClN4O/c1-5-9(14)10(17-16-5)11(18)15-8-3-2-6(12)4-7(8)13/h2-4H,14H2,1H3,(H,15,18)(H,16,17). The van der Waals surface area contributed by atoms with Crippen LogP contribution in [0.1, 0.15) is 16.2 Å². The van der Waals surface area contributed by atoms with Gasteiger partial charge in [0.25, 0.3) is 5.91 Å². The third-order valence-corrected chi connectivity index (χ3v) is 3.19. The van der Waals surface area contributed by atoms with Crippen molar-refractivity contribution < 1.29 is 4.79 Å². The summed E-state index contributed by atoms with van der Waals surface area (Å²) in [6.07, 6.45) is 0. The lowest BCUT2D eigenvalue weighted by Crippen LogP contribution is -2.14. The number of aryl methyl sites for hydroxylation is 1. The first-order valence-corrected chi connectivity index (χ1v) is 6.23. The topological polar surface area (TPSA) is 83.8 Å². The lowest BCUT2D eigenvalue weighted by Gasteiger charge is -2.06. The summed E-state index contributed by atoms with van der Waals surface area (Å²) < 4.78 is 0.834. The quantitative estimate of drug-likeness (QED) is 0.792. The highest BCUT2D eigenvalue weighted by Crippen LogP contribution is 2.26. The molecule has 0 radical (unpaired) electrons. The van der Waals surface area contributed by atoms with Gasteiger partial charge in [-0.25, -0.2) is 0 Å². The maximum absolute atomic E-state index is 11.9. The van der Waals surface area contributed by atoms with E-state index in [4.69, 9.17) is 17.3 Å². The lowest BCUT2D eigenvalue weighted by atomic mass is 10.2. The highest BCUT2D eigenvalue weighted by Gasteiger charge is 2.16. The number of amides is 1. The number of nitrogens with two attached hydrogens (primary N) is 1. The van der Waals surface area contributed by atoms with E-state index in [1.54, 1.807) is 25.1 Å². The second-order valence-electron chi connectivity index (χ2n) is 3.69. The maximum Gasteiger partial charge on any atom is 0.278 e. The van der Waals surface area contributed by atoms with Gasteiger partial charge in [0, 0.05) is 4.47 Å². The van der Waals surface area contributed by atoms with Gasteiger partial charge in [-0.15, -0.1) is 0 Å². The Balaban J connectivity index is 2.24. The molecule has 0 spiro atoms. The van der Waals surface area contributed by atoms with Crippen molar-refractivity contribution in [3.63, 3.8) is 0 Å². The Kier molecular flexibility index (Phi) is 3.58. The molecule has 1 heterocycles. The monoisotopic (exact) mass is 328 g/mol. The Labute approximate surface area is 117 Å². The zero-order chi connectivity index (χ0) is 13.3. The number of rotatable bonds is 2. The van der Waals surface area contributed by atoms with Crippen molar-refractivity contribution in [3.8, 4) is 0 Å². The molecular formula is C11H10BrClN4O. The molecule has 4 N–H and O–H groups in total. The number of anilines is 2. The Morgan fingerprint density at radius 1 is 1.56 bits per heavy atom. The summed E-state index contributed by atoms with van der Waals surface area (Å²) in [6, 6.07) is 5.16. The van der Waals surface area contributed by atoms with E-state index in [0.29, 0.717) is 22.1 Å². The van der Waals surface area contributed by atoms with E-state index in [1.165, 1.54) is 0 Å². The smallest absolute Gasteiger partial charge is 0.278 e. The normalized spacial score (nSPS) is 10.4. The van der Waals surface area contributed by atoms with Gasteiger partial charge in [0.1, 0.15) is 0 Å². The molecule has 5 nitrogen and oxygen atoms in total. The molecule has 2 rings (SSSR count). The van der Waals surface area contributed by atoms with Gasteiger partial charge < -0.3 is 11.1 Å². The predicted molar refractivity (Wildman–Crippen MR) is 74.8 cm³/mol. The number of nitrogens with zero attached hydrogens (tertiary/aromatic N) is 1. The third kappa shape index (κ3) is 2.49. The summed E-state index contributed by atoms with van der Waals surface area (Å²) in [7, 11) is 0. The van der Waals surface area contributed by atoms with E-state index in [1.807, 2.05) is 0 Å². The number of nitrogens with one attached hydrogen (secondary N) is 2. The van der Waals surface area contributed by atoms with Crippen LogP contribution >= 0.6 is 27.5 Å². The van der Waals surface area contributed by atoms with E-state index >= 15 is 0 Å². The predicted octanol–water partition coefficient (Wildman–Crippen LogP) is 2.97. The zero-order valence-corrected chi connectivity index (χ0v) is 11.8. The summed E-state index contributed by atoms with van der Waals surface area (Å²) in [5.74, 6) is -0.402. The molecule has 1 aromatic heterocycles. The Morgan fingerprint density at radius 2 is 2.28 bits per heavy atom. The minimum atomic E-state index is -0.402. The van der Waals surface area contributed by atoms with Gasteiger partial charge in [-0.3, -0.25) is 9.89 Å². The molecule has 0 unspecified atom stereocenters. The van der Waals surface area contributed by atoms with E-state index in [2.05, 4.69) is 31.4 Å². The third-order valence-electron chi connectivity index (χ3n) is 2.39. The second-order valence-corrected chi connectivity index (χ2v) is 5.01. The first-order chi connectivity index (χ1) is 8.49. The summed E-state index contributed by atoms with van der Waals surface area (Å²) in [6.45, 7) is 1.74. The molecule has 0 saturated carbocycles. The summed E-state index contributed by atoms with van der Waals surface area (Å²) in [5.41, 5.74) is 7.38. The molecule has 18 heavy (non-hydrogen) atoms. The largest absolute Gasteiger partial charge is 0.395 e. The van der Waals surface area contributed by atoms with Crippen molar-refractivity contribution in [1.29, 1.82) is 0 Å². The van der Waals surface area contributed by atoms with Crippen molar-refractivity contribution in [2.45, 2.75) is 6.92 Å². The number of H-pyrrole nitrogens is 1. The molecule has 1 amide bonds. The molecule has 0 aliphatic heterocycles. The van der Waals surface area contributed by atoms with Crippen LogP contribution in [0.5, 0.6) is 0 Å². The van der Waals surface area contributed by atoms with Crippen molar-refractivity contribution >= 4 is 44.8 Å². The average molecular weight is 330 g/mol. The number of benzene rings is 1. The van der Waals surface area contributed by atoms with Crippen molar-refractivity contribution in [3.05, 3.63) is 39.1 Å². The molecule has 0 bridgehead atoms. The minimum Gasteiger partial charge on any atom is -0.395 e. The van der Waals surface area contributed by atoms with Gasteiger partial charge in [-0.1, -0.05) is 27.5 Å². The highest BCUT2D eigenvalue weighted by molar-refractivity contribution is 9.10. The molecule has 0 atom stereocenters. The minimum absolute atomic E-state index is 0.159. The Hall–Kier alpha value is -1.53. The van der Waals surface area contributed by atoms with E-state index < -0.39 is 5.91 Å². The molecule has 0 aliphatic carbocycles. The summed E-state index contributed by atoms with van der Waals surface area (Å²) in [4.78, 5) is 11.9. The van der Waals surface area contributed by atoms with Gasteiger partial charge >= 0.3 is 0 Å². The van der Waals surface area contributed by atoms with Gasteiger partial charge in [0.2, 0.25) is 0 Å². The Bertz CT molecular complexity index is 611. The number of aromatic nitrogens is 2. The first kappa shape index (κ1) is 12.9. The van der Waals surface area contributed by atoms with Crippen molar-refractivity contribution in [2.75, 3.05) is 11.1 Å². The molecule has 7 heteroatoms. The molecule has 1 aromatic carbocycles. The van der Waals surface area contributed by atoms with Crippen molar-refractivity contribution in [1.82, 2.24) is 10.2 Å². The summed E-state index contributed by atoms with van der Waals surface area (Å²) >= 11 is 9.29. The van der Waals surface area contributed by atoms with Gasteiger partial charge in [-0.05, 0) is 25.1 Å². The molecule has 0 aliphatic rings. The highest BCUT2D eigenvalue weighted by atomic mass is 79.9. The SMILES string of the molecule is Cc1[nH]nc(C(=O)Nc2ccc(Br)cc2Cl)c1N. The fourth-order valence-electron chi connectivity index (χ4n) is 1.38. The van der Waals surface area contributed by atoms with Crippen LogP contribution < -0.4 is 11.1 Å². The molecule has 0 saturated heterocycles. The van der Waals surface area contributed by atoms with Crippen LogP contribution in [-0.2, 0) is 0 Å². The van der Waals surface area contributed by atoms with Gasteiger partial charge in [0.05, 0.1) is 22.1 Å². The summed E-state index contributed by atoms with van der Waals surface area (Å²) in [5, 5.41) is 9.58. The van der Waals surface area contributed by atoms with Crippen LogP contribution in [0.25, 0.3) is 0 Å². The molecule has 2 aromatic rings.